The Morgan fingerprint density at radius 3 is 2.53 bits per heavy atom. The molecule has 2 N–H and O–H groups in total. The lowest BCUT2D eigenvalue weighted by Crippen LogP contribution is -2.03. The van der Waals surface area contributed by atoms with E-state index in [0.717, 1.165) is 5.75 Å². The topological polar surface area (TPSA) is 52.3 Å². The second kappa shape index (κ2) is 5.76. The first-order valence-corrected chi connectivity index (χ1v) is 6.33. The lowest BCUT2D eigenvalue weighted by molar-refractivity contribution is 0.103. The van der Waals surface area contributed by atoms with Crippen LogP contribution in [0.4, 0.5) is 5.69 Å². The van der Waals surface area contributed by atoms with E-state index in [4.69, 9.17) is 22.1 Å². The molecule has 0 aliphatic carbocycles. The number of hydrogen-bond acceptors (Lipinski definition) is 3. The average molecular weight is 276 g/mol. The first-order chi connectivity index (χ1) is 9.13. The van der Waals surface area contributed by atoms with Crippen LogP contribution in [0.2, 0.25) is 5.02 Å². The van der Waals surface area contributed by atoms with Gasteiger partial charge >= 0.3 is 0 Å². The molecule has 0 bridgehead atoms. The first kappa shape index (κ1) is 13.4. The zero-order chi connectivity index (χ0) is 13.8. The van der Waals surface area contributed by atoms with Gasteiger partial charge in [-0.25, -0.2) is 0 Å². The number of ether oxygens (including phenoxy) is 1. The third-order valence-corrected chi connectivity index (χ3v) is 3.12. The Balaban J connectivity index is 2.31. The predicted octanol–water partition coefficient (Wildman–Crippen LogP) is 3.55. The Labute approximate surface area is 117 Å². The molecular formula is C15H14ClNO2. The van der Waals surface area contributed by atoms with E-state index in [0.29, 0.717) is 28.4 Å². The molecule has 0 amide bonds. The van der Waals surface area contributed by atoms with Gasteiger partial charge < -0.3 is 10.5 Å². The minimum Gasteiger partial charge on any atom is -0.494 e. The average Bonchev–Trinajstić information content (AvgIpc) is 2.42. The summed E-state index contributed by atoms with van der Waals surface area (Å²) in [6.07, 6.45) is 0. The summed E-state index contributed by atoms with van der Waals surface area (Å²) < 4.78 is 5.33. The fraction of sp³-hybridized carbons (Fsp3) is 0.133. The minimum absolute atomic E-state index is 0.152. The number of anilines is 1. The van der Waals surface area contributed by atoms with Crippen LogP contribution < -0.4 is 10.5 Å². The predicted molar refractivity (Wildman–Crippen MR) is 76.9 cm³/mol. The van der Waals surface area contributed by atoms with E-state index in [9.17, 15) is 4.79 Å². The van der Waals surface area contributed by atoms with Crippen LogP contribution in [0.15, 0.2) is 42.5 Å². The molecule has 2 rings (SSSR count). The summed E-state index contributed by atoms with van der Waals surface area (Å²) in [4.78, 5) is 12.3. The van der Waals surface area contributed by atoms with Crippen LogP contribution in [-0.4, -0.2) is 12.4 Å². The van der Waals surface area contributed by atoms with Crippen molar-refractivity contribution < 1.29 is 9.53 Å². The van der Waals surface area contributed by atoms with Crippen molar-refractivity contribution in [2.75, 3.05) is 12.3 Å². The van der Waals surface area contributed by atoms with Crippen LogP contribution in [0.5, 0.6) is 5.75 Å². The Morgan fingerprint density at radius 1 is 1.21 bits per heavy atom. The van der Waals surface area contributed by atoms with Crippen LogP contribution >= 0.6 is 11.6 Å². The van der Waals surface area contributed by atoms with Gasteiger partial charge in [-0.05, 0) is 43.3 Å². The quantitative estimate of drug-likeness (QED) is 0.686. The number of rotatable bonds is 4. The summed E-state index contributed by atoms with van der Waals surface area (Å²) in [6, 6.07) is 12.0. The van der Waals surface area contributed by atoms with Crippen molar-refractivity contribution in [1.29, 1.82) is 0 Å². The Hall–Kier alpha value is -2.00. The van der Waals surface area contributed by atoms with E-state index in [1.807, 2.05) is 6.92 Å². The summed E-state index contributed by atoms with van der Waals surface area (Å²) in [6.45, 7) is 2.50. The van der Waals surface area contributed by atoms with Crippen LogP contribution in [0.25, 0.3) is 0 Å². The number of ketones is 1. The smallest absolute Gasteiger partial charge is 0.194 e. The maximum absolute atomic E-state index is 12.3. The standard InChI is InChI=1S/C15H14ClNO2/c1-2-19-11-8-6-10(7-9-11)15(18)12-4-3-5-13(17)14(12)16/h3-9H,2,17H2,1H3. The highest BCUT2D eigenvalue weighted by atomic mass is 35.5. The van der Waals surface area contributed by atoms with E-state index in [-0.39, 0.29) is 5.78 Å². The monoisotopic (exact) mass is 275 g/mol. The molecule has 0 saturated heterocycles. The normalized spacial score (nSPS) is 10.2. The SMILES string of the molecule is CCOc1ccc(C(=O)c2cccc(N)c2Cl)cc1. The van der Waals surface area contributed by atoms with Gasteiger partial charge in [0.25, 0.3) is 0 Å². The molecule has 19 heavy (non-hydrogen) atoms. The minimum atomic E-state index is -0.152. The van der Waals surface area contributed by atoms with Gasteiger partial charge in [0.1, 0.15) is 5.75 Å². The van der Waals surface area contributed by atoms with Gasteiger partial charge in [0.05, 0.1) is 17.3 Å². The second-order valence-corrected chi connectivity index (χ2v) is 4.37. The maximum Gasteiger partial charge on any atom is 0.194 e. The zero-order valence-electron chi connectivity index (χ0n) is 10.5. The van der Waals surface area contributed by atoms with Gasteiger partial charge in [0.15, 0.2) is 5.78 Å². The Kier molecular flexibility index (Phi) is 4.07. The summed E-state index contributed by atoms with van der Waals surface area (Å²) in [5.41, 5.74) is 7.06. The number of carbonyl (C=O) groups is 1. The van der Waals surface area contributed by atoms with Gasteiger partial charge in [0, 0.05) is 11.1 Å². The van der Waals surface area contributed by atoms with Gasteiger partial charge in [-0.15, -0.1) is 0 Å². The molecule has 0 atom stereocenters. The molecule has 3 nitrogen and oxygen atoms in total. The van der Waals surface area contributed by atoms with Crippen molar-refractivity contribution in [3.63, 3.8) is 0 Å². The van der Waals surface area contributed by atoms with E-state index in [1.165, 1.54) is 0 Å². The molecule has 2 aromatic carbocycles. The molecule has 0 heterocycles. The Bertz CT molecular complexity index is 594. The summed E-state index contributed by atoms with van der Waals surface area (Å²) in [7, 11) is 0. The first-order valence-electron chi connectivity index (χ1n) is 5.95. The van der Waals surface area contributed by atoms with Crippen LogP contribution in [0.1, 0.15) is 22.8 Å². The largest absolute Gasteiger partial charge is 0.494 e. The van der Waals surface area contributed by atoms with Gasteiger partial charge in [0.2, 0.25) is 0 Å². The number of nitrogen functional groups attached to an aromatic ring is 1. The number of nitrogens with two attached hydrogens (primary N) is 1. The molecule has 4 heteroatoms. The molecule has 0 unspecified atom stereocenters. The summed E-state index contributed by atoms with van der Waals surface area (Å²) >= 11 is 6.05. The van der Waals surface area contributed by atoms with Crippen LogP contribution in [0.3, 0.4) is 0 Å². The molecule has 0 aromatic heterocycles. The molecule has 0 saturated carbocycles. The molecule has 0 aliphatic rings. The van der Waals surface area contributed by atoms with Crippen molar-refractivity contribution in [2.45, 2.75) is 6.92 Å². The van der Waals surface area contributed by atoms with E-state index < -0.39 is 0 Å². The van der Waals surface area contributed by atoms with Crippen molar-refractivity contribution in [3.8, 4) is 5.75 Å². The van der Waals surface area contributed by atoms with Crippen molar-refractivity contribution in [1.82, 2.24) is 0 Å². The number of carbonyl (C=O) groups excluding carboxylic acids is 1. The zero-order valence-corrected chi connectivity index (χ0v) is 11.3. The van der Waals surface area contributed by atoms with Gasteiger partial charge in [-0.3, -0.25) is 4.79 Å². The van der Waals surface area contributed by atoms with Crippen molar-refractivity contribution in [2.24, 2.45) is 0 Å². The third-order valence-electron chi connectivity index (χ3n) is 2.70. The Morgan fingerprint density at radius 2 is 1.89 bits per heavy atom. The van der Waals surface area contributed by atoms with Crippen LogP contribution in [-0.2, 0) is 0 Å². The second-order valence-electron chi connectivity index (χ2n) is 4.00. The molecule has 0 radical (unpaired) electrons. The summed E-state index contributed by atoms with van der Waals surface area (Å²) in [5.74, 6) is 0.582. The molecule has 2 aromatic rings. The van der Waals surface area contributed by atoms with E-state index >= 15 is 0 Å². The van der Waals surface area contributed by atoms with Gasteiger partial charge in [-0.1, -0.05) is 17.7 Å². The fourth-order valence-electron chi connectivity index (χ4n) is 1.75. The molecule has 0 spiro atoms. The summed E-state index contributed by atoms with van der Waals surface area (Å²) in [5, 5.41) is 0.293. The van der Waals surface area contributed by atoms with Crippen LogP contribution in [0, 0.1) is 0 Å². The third kappa shape index (κ3) is 2.88. The molecule has 0 aliphatic heterocycles. The van der Waals surface area contributed by atoms with E-state index in [2.05, 4.69) is 0 Å². The molecular weight excluding hydrogens is 262 g/mol. The number of hydrogen-bond donors (Lipinski definition) is 1. The number of halogens is 1. The lowest BCUT2D eigenvalue weighted by Gasteiger charge is -2.07. The van der Waals surface area contributed by atoms with Crippen molar-refractivity contribution in [3.05, 3.63) is 58.6 Å². The van der Waals surface area contributed by atoms with E-state index in [1.54, 1.807) is 42.5 Å². The van der Waals surface area contributed by atoms with Crippen molar-refractivity contribution >= 4 is 23.1 Å². The highest BCUT2D eigenvalue weighted by Gasteiger charge is 2.14. The fourth-order valence-corrected chi connectivity index (χ4v) is 1.96. The highest BCUT2D eigenvalue weighted by molar-refractivity contribution is 6.37. The maximum atomic E-state index is 12.3. The van der Waals surface area contributed by atoms with Gasteiger partial charge in [-0.2, -0.15) is 0 Å². The lowest BCUT2D eigenvalue weighted by atomic mass is 10.0. The number of benzene rings is 2. The highest BCUT2D eigenvalue weighted by Crippen LogP contribution is 2.25. The molecule has 0 fully saturated rings. The molecule has 98 valence electrons.